The van der Waals surface area contributed by atoms with E-state index >= 15 is 0 Å². The summed E-state index contributed by atoms with van der Waals surface area (Å²) in [6.45, 7) is 5.80. The molecule has 1 aromatic carbocycles. The van der Waals surface area contributed by atoms with E-state index in [-0.39, 0.29) is 17.8 Å². The van der Waals surface area contributed by atoms with Gasteiger partial charge < -0.3 is 15.2 Å². The highest BCUT2D eigenvalue weighted by molar-refractivity contribution is 5.75. The average molecular weight is 237 g/mol. The Hall–Kier alpha value is -1.55. The molecule has 0 unspecified atom stereocenters. The Morgan fingerprint density at radius 2 is 2.00 bits per heavy atom. The molecule has 4 heteroatoms. The summed E-state index contributed by atoms with van der Waals surface area (Å²) in [6, 6.07) is 6.64. The molecule has 0 amide bonds. The van der Waals surface area contributed by atoms with E-state index in [0.29, 0.717) is 6.54 Å². The molecule has 0 saturated carbocycles. The van der Waals surface area contributed by atoms with Gasteiger partial charge in [-0.3, -0.25) is 4.79 Å². The van der Waals surface area contributed by atoms with Crippen LogP contribution in [0.1, 0.15) is 26.3 Å². The lowest BCUT2D eigenvalue weighted by Gasteiger charge is -2.15. The van der Waals surface area contributed by atoms with Gasteiger partial charge in [0.05, 0.1) is 6.10 Å². The predicted molar refractivity (Wildman–Crippen MR) is 65.6 cm³/mol. The number of hydrogen-bond acceptors (Lipinski definition) is 4. The molecule has 0 aromatic heterocycles. The molecule has 0 fully saturated rings. The number of esters is 1. The van der Waals surface area contributed by atoms with E-state index in [1.807, 2.05) is 26.0 Å². The Labute approximate surface area is 102 Å². The summed E-state index contributed by atoms with van der Waals surface area (Å²) in [6.07, 6.45) is -0.114. The van der Waals surface area contributed by atoms with Gasteiger partial charge in [-0.25, -0.2) is 0 Å². The van der Waals surface area contributed by atoms with Gasteiger partial charge in [-0.15, -0.1) is 0 Å². The zero-order chi connectivity index (χ0) is 12.8. The van der Waals surface area contributed by atoms with Gasteiger partial charge in [0.1, 0.15) is 11.8 Å². The third-order valence-corrected chi connectivity index (χ3v) is 2.30. The fourth-order valence-electron chi connectivity index (χ4n) is 1.34. The fourth-order valence-corrected chi connectivity index (χ4v) is 1.34. The summed E-state index contributed by atoms with van der Waals surface area (Å²) in [7, 11) is 0. The maximum absolute atomic E-state index is 11.5. The number of phenolic OH excluding ortho intramolecular Hbond substituents is 1. The number of nitrogens with one attached hydrogen (secondary N) is 1. The Balaban J connectivity index is 2.46. The number of rotatable bonds is 5. The second-order valence-electron chi connectivity index (χ2n) is 4.22. The summed E-state index contributed by atoms with van der Waals surface area (Å²) in [5.41, 5.74) is 0.761. The Morgan fingerprint density at radius 1 is 1.35 bits per heavy atom. The van der Waals surface area contributed by atoms with Gasteiger partial charge in [0.2, 0.25) is 0 Å². The molecule has 0 aliphatic carbocycles. The van der Waals surface area contributed by atoms with Crippen LogP contribution >= 0.6 is 0 Å². The first-order chi connectivity index (χ1) is 8.00. The number of benzene rings is 1. The minimum Gasteiger partial charge on any atom is -0.508 e. The molecule has 1 atom stereocenters. The first-order valence-electron chi connectivity index (χ1n) is 5.71. The number of aromatic hydroxyl groups is 1. The Morgan fingerprint density at radius 3 is 2.59 bits per heavy atom. The molecule has 0 radical (unpaired) electrons. The SMILES string of the molecule is CC(C)OC(=O)[C@H](C)NCc1ccccc1O. The van der Waals surface area contributed by atoms with Crippen LogP contribution in [0.3, 0.4) is 0 Å². The predicted octanol–water partition coefficient (Wildman–Crippen LogP) is 1.82. The van der Waals surface area contributed by atoms with Crippen LogP contribution < -0.4 is 5.32 Å². The summed E-state index contributed by atoms with van der Waals surface area (Å²) in [5, 5.41) is 12.6. The summed E-state index contributed by atoms with van der Waals surface area (Å²) < 4.78 is 5.07. The monoisotopic (exact) mass is 237 g/mol. The van der Waals surface area contributed by atoms with Crippen molar-refractivity contribution >= 4 is 5.97 Å². The second-order valence-corrected chi connectivity index (χ2v) is 4.22. The van der Waals surface area contributed by atoms with Crippen molar-refractivity contribution in [3.05, 3.63) is 29.8 Å². The summed E-state index contributed by atoms with van der Waals surface area (Å²) in [5.74, 6) is -0.0557. The molecule has 2 N–H and O–H groups in total. The van der Waals surface area contributed by atoms with Crippen LogP contribution in [0.15, 0.2) is 24.3 Å². The van der Waals surface area contributed by atoms with Gasteiger partial charge in [-0.05, 0) is 26.8 Å². The Kier molecular flexibility index (Phi) is 4.97. The van der Waals surface area contributed by atoms with Gasteiger partial charge in [0, 0.05) is 12.1 Å². The van der Waals surface area contributed by atoms with Crippen LogP contribution in [0.25, 0.3) is 0 Å². The molecular weight excluding hydrogens is 218 g/mol. The largest absolute Gasteiger partial charge is 0.508 e. The van der Waals surface area contributed by atoms with Gasteiger partial charge in [0.25, 0.3) is 0 Å². The van der Waals surface area contributed by atoms with Crippen LogP contribution in [-0.4, -0.2) is 23.2 Å². The zero-order valence-corrected chi connectivity index (χ0v) is 10.4. The van der Waals surface area contributed by atoms with Crippen LogP contribution in [0.4, 0.5) is 0 Å². The van der Waals surface area contributed by atoms with E-state index in [4.69, 9.17) is 4.74 Å². The maximum Gasteiger partial charge on any atom is 0.323 e. The zero-order valence-electron chi connectivity index (χ0n) is 10.4. The summed E-state index contributed by atoms with van der Waals surface area (Å²) >= 11 is 0. The first-order valence-corrected chi connectivity index (χ1v) is 5.71. The molecular formula is C13H19NO3. The number of hydrogen-bond donors (Lipinski definition) is 2. The van der Waals surface area contributed by atoms with Crippen molar-refractivity contribution in [1.82, 2.24) is 5.32 Å². The molecule has 0 spiro atoms. The highest BCUT2D eigenvalue weighted by Crippen LogP contribution is 2.15. The van der Waals surface area contributed by atoms with Crippen molar-refractivity contribution in [3.8, 4) is 5.75 Å². The lowest BCUT2D eigenvalue weighted by molar-refractivity contribution is -0.149. The standard InChI is InChI=1S/C13H19NO3/c1-9(2)17-13(16)10(3)14-8-11-6-4-5-7-12(11)15/h4-7,9-10,14-15H,8H2,1-3H3/t10-/m0/s1. The molecule has 1 rings (SSSR count). The van der Waals surface area contributed by atoms with Crippen molar-refractivity contribution in [1.29, 1.82) is 0 Å². The maximum atomic E-state index is 11.5. The van der Waals surface area contributed by atoms with Crippen LogP contribution in [0.5, 0.6) is 5.75 Å². The van der Waals surface area contributed by atoms with Crippen molar-refractivity contribution < 1.29 is 14.6 Å². The normalized spacial score (nSPS) is 12.5. The topological polar surface area (TPSA) is 58.6 Å². The minimum atomic E-state index is -0.392. The highest BCUT2D eigenvalue weighted by Gasteiger charge is 2.15. The van der Waals surface area contributed by atoms with E-state index in [2.05, 4.69) is 5.32 Å². The van der Waals surface area contributed by atoms with Crippen LogP contribution in [-0.2, 0) is 16.1 Å². The fraction of sp³-hybridized carbons (Fsp3) is 0.462. The van der Waals surface area contributed by atoms with Gasteiger partial charge >= 0.3 is 5.97 Å². The van der Waals surface area contributed by atoms with Gasteiger partial charge in [-0.1, -0.05) is 18.2 Å². The van der Waals surface area contributed by atoms with Crippen molar-refractivity contribution in [3.63, 3.8) is 0 Å². The van der Waals surface area contributed by atoms with E-state index in [0.717, 1.165) is 5.56 Å². The van der Waals surface area contributed by atoms with E-state index < -0.39 is 6.04 Å². The molecule has 0 saturated heterocycles. The third-order valence-electron chi connectivity index (χ3n) is 2.30. The molecule has 17 heavy (non-hydrogen) atoms. The lowest BCUT2D eigenvalue weighted by Crippen LogP contribution is -2.36. The molecule has 0 heterocycles. The van der Waals surface area contributed by atoms with E-state index in [1.54, 1.807) is 19.1 Å². The van der Waals surface area contributed by atoms with Crippen LogP contribution in [0.2, 0.25) is 0 Å². The van der Waals surface area contributed by atoms with Crippen molar-refractivity contribution in [2.24, 2.45) is 0 Å². The number of phenols is 1. The van der Waals surface area contributed by atoms with Gasteiger partial charge in [0.15, 0.2) is 0 Å². The number of para-hydroxylation sites is 1. The number of ether oxygens (including phenoxy) is 1. The molecule has 1 aromatic rings. The second kappa shape index (κ2) is 6.25. The van der Waals surface area contributed by atoms with Crippen molar-refractivity contribution in [2.75, 3.05) is 0 Å². The lowest BCUT2D eigenvalue weighted by atomic mass is 10.2. The molecule has 94 valence electrons. The third kappa shape index (κ3) is 4.44. The Bertz CT molecular complexity index is 377. The quantitative estimate of drug-likeness (QED) is 0.767. The molecule has 4 nitrogen and oxygen atoms in total. The van der Waals surface area contributed by atoms with Crippen molar-refractivity contribution in [2.45, 2.75) is 39.5 Å². The average Bonchev–Trinajstić information content (AvgIpc) is 2.26. The van der Waals surface area contributed by atoms with Gasteiger partial charge in [-0.2, -0.15) is 0 Å². The van der Waals surface area contributed by atoms with E-state index in [1.165, 1.54) is 0 Å². The number of carbonyl (C=O) groups excluding carboxylic acids is 1. The minimum absolute atomic E-state index is 0.114. The highest BCUT2D eigenvalue weighted by atomic mass is 16.5. The molecule has 0 aliphatic rings. The van der Waals surface area contributed by atoms with E-state index in [9.17, 15) is 9.90 Å². The molecule has 0 bridgehead atoms. The molecule has 0 aliphatic heterocycles. The van der Waals surface area contributed by atoms with Crippen LogP contribution in [0, 0.1) is 0 Å². The number of carbonyl (C=O) groups is 1. The summed E-state index contributed by atoms with van der Waals surface area (Å²) in [4.78, 5) is 11.5. The first kappa shape index (κ1) is 13.5. The smallest absolute Gasteiger partial charge is 0.323 e.